The molecule has 0 aromatic rings. The summed E-state index contributed by atoms with van der Waals surface area (Å²) < 4.78 is 4.43. The number of esters is 1. The SMILES string of the molecule is CCOC(=O)C(=O)C(=C=[N-])CC. The van der Waals surface area contributed by atoms with Crippen molar-refractivity contribution < 1.29 is 14.3 Å². The molecule has 0 unspecified atom stereocenters. The highest BCUT2D eigenvalue weighted by molar-refractivity contribution is 6.42. The van der Waals surface area contributed by atoms with E-state index in [1.807, 2.05) is 0 Å². The predicted octanol–water partition coefficient (Wildman–Crippen LogP) is 0.694. The number of carbonyl (C=O) groups is 2. The van der Waals surface area contributed by atoms with Gasteiger partial charge in [-0.15, -0.1) is 0 Å². The first kappa shape index (κ1) is 10.6. The van der Waals surface area contributed by atoms with E-state index in [2.05, 4.69) is 4.74 Å². The van der Waals surface area contributed by atoms with Crippen LogP contribution in [0.5, 0.6) is 0 Å². The second kappa shape index (κ2) is 5.27. The van der Waals surface area contributed by atoms with Crippen molar-refractivity contribution >= 4 is 17.6 Å². The Labute approximate surface area is 70.7 Å². The highest BCUT2D eigenvalue weighted by Crippen LogP contribution is 1.98. The highest BCUT2D eigenvalue weighted by atomic mass is 16.5. The van der Waals surface area contributed by atoms with Crippen LogP contribution in [0.4, 0.5) is 0 Å². The van der Waals surface area contributed by atoms with Gasteiger partial charge >= 0.3 is 5.97 Å². The van der Waals surface area contributed by atoms with E-state index in [1.165, 1.54) is 0 Å². The smallest absolute Gasteiger partial charge is 0.379 e. The molecule has 0 fully saturated rings. The maximum atomic E-state index is 11.0. The molecule has 0 saturated heterocycles. The maximum absolute atomic E-state index is 11.0. The highest BCUT2D eigenvalue weighted by Gasteiger charge is 2.16. The second-order valence-electron chi connectivity index (χ2n) is 1.99. The summed E-state index contributed by atoms with van der Waals surface area (Å²) >= 11 is 0. The van der Waals surface area contributed by atoms with Crippen LogP contribution in [0.2, 0.25) is 0 Å². The van der Waals surface area contributed by atoms with Crippen LogP contribution in [0.25, 0.3) is 5.41 Å². The van der Waals surface area contributed by atoms with Crippen molar-refractivity contribution in [3.63, 3.8) is 0 Å². The Morgan fingerprint density at radius 2 is 2.00 bits per heavy atom. The van der Waals surface area contributed by atoms with E-state index in [0.717, 1.165) is 0 Å². The molecule has 4 heteroatoms. The lowest BCUT2D eigenvalue weighted by Crippen LogP contribution is -2.19. The van der Waals surface area contributed by atoms with Crippen LogP contribution in [0.1, 0.15) is 20.3 Å². The fourth-order valence-electron chi connectivity index (χ4n) is 0.610. The van der Waals surface area contributed by atoms with Crippen LogP contribution < -0.4 is 0 Å². The van der Waals surface area contributed by atoms with Gasteiger partial charge in [0.25, 0.3) is 5.78 Å². The van der Waals surface area contributed by atoms with Crippen LogP contribution in [0, 0.1) is 0 Å². The molecule has 0 atom stereocenters. The molecule has 0 radical (unpaired) electrons. The molecule has 0 aromatic carbocycles. The Kier molecular flexibility index (Phi) is 4.65. The molecule has 66 valence electrons. The Bertz CT molecular complexity index is 239. The average Bonchev–Trinajstić information content (AvgIpc) is 2.07. The van der Waals surface area contributed by atoms with Gasteiger partial charge in [0, 0.05) is 5.57 Å². The molecule has 0 spiro atoms. The standard InChI is InChI=1S/C8H10NO3/c1-3-6(5-9)7(10)8(11)12-4-2/h3-4H2,1-2H3/q-1. The molecule has 0 rings (SSSR count). The van der Waals surface area contributed by atoms with Gasteiger partial charge in [0.15, 0.2) is 0 Å². The van der Waals surface area contributed by atoms with E-state index in [1.54, 1.807) is 19.7 Å². The monoisotopic (exact) mass is 168 g/mol. The molecule has 0 N–H and O–H groups in total. The van der Waals surface area contributed by atoms with E-state index in [9.17, 15) is 9.59 Å². The molecule has 0 heterocycles. The number of rotatable bonds is 4. The molecule has 0 bridgehead atoms. The van der Waals surface area contributed by atoms with Crippen molar-refractivity contribution in [2.45, 2.75) is 20.3 Å². The van der Waals surface area contributed by atoms with Crippen LogP contribution in [0.3, 0.4) is 0 Å². The molecule has 0 amide bonds. The van der Waals surface area contributed by atoms with Gasteiger partial charge in [-0.25, -0.2) is 4.79 Å². The summed E-state index contributed by atoms with van der Waals surface area (Å²) in [6, 6.07) is 0. The normalized spacial score (nSPS) is 8.50. The Balaban J connectivity index is 4.38. The third kappa shape index (κ3) is 2.68. The van der Waals surface area contributed by atoms with E-state index in [-0.39, 0.29) is 18.6 Å². The molecule has 4 nitrogen and oxygen atoms in total. The van der Waals surface area contributed by atoms with Gasteiger partial charge in [-0.2, -0.15) is 0 Å². The van der Waals surface area contributed by atoms with Gasteiger partial charge in [0.05, 0.1) is 6.61 Å². The van der Waals surface area contributed by atoms with Crippen LogP contribution >= 0.6 is 0 Å². The lowest BCUT2D eigenvalue weighted by molar-refractivity contribution is -0.151. The van der Waals surface area contributed by atoms with Gasteiger partial charge in [0.1, 0.15) is 0 Å². The topological polar surface area (TPSA) is 65.7 Å². The zero-order valence-corrected chi connectivity index (χ0v) is 7.09. The summed E-state index contributed by atoms with van der Waals surface area (Å²) in [4.78, 5) is 21.7. The summed E-state index contributed by atoms with van der Waals surface area (Å²) in [7, 11) is 0. The average molecular weight is 168 g/mol. The number of hydrogen-bond acceptors (Lipinski definition) is 3. The molecule has 12 heavy (non-hydrogen) atoms. The Morgan fingerprint density at radius 1 is 1.42 bits per heavy atom. The first-order valence-electron chi connectivity index (χ1n) is 3.64. The third-order valence-corrected chi connectivity index (χ3v) is 1.22. The first-order valence-corrected chi connectivity index (χ1v) is 3.64. The van der Waals surface area contributed by atoms with Gasteiger partial charge < -0.3 is 10.1 Å². The van der Waals surface area contributed by atoms with Gasteiger partial charge in [-0.05, 0) is 13.3 Å². The van der Waals surface area contributed by atoms with E-state index in [4.69, 9.17) is 5.41 Å². The summed E-state index contributed by atoms with van der Waals surface area (Å²) in [6.45, 7) is 3.38. The van der Waals surface area contributed by atoms with Crippen LogP contribution in [0.15, 0.2) is 5.57 Å². The lowest BCUT2D eigenvalue weighted by atomic mass is 10.1. The van der Waals surface area contributed by atoms with Gasteiger partial charge in [-0.3, -0.25) is 10.7 Å². The number of hydrogen-bond donors (Lipinski definition) is 0. The van der Waals surface area contributed by atoms with Gasteiger partial charge in [0.2, 0.25) is 0 Å². The van der Waals surface area contributed by atoms with Crippen molar-refractivity contribution in [2.75, 3.05) is 6.61 Å². The Hall–Kier alpha value is -1.41. The van der Waals surface area contributed by atoms with E-state index < -0.39 is 11.8 Å². The number of nitrogens with zero attached hydrogens (tertiary/aromatic N) is 1. The summed E-state index contributed by atoms with van der Waals surface area (Å²) in [6.07, 6.45) is 0.258. The van der Waals surface area contributed by atoms with Crippen molar-refractivity contribution in [1.82, 2.24) is 0 Å². The molecule has 0 aliphatic rings. The van der Waals surface area contributed by atoms with E-state index in [0.29, 0.717) is 0 Å². The molecule has 0 saturated carbocycles. The number of ether oxygens (including phenoxy) is 1. The Morgan fingerprint density at radius 3 is 2.33 bits per heavy atom. The van der Waals surface area contributed by atoms with E-state index >= 15 is 0 Å². The fourth-order valence-corrected chi connectivity index (χ4v) is 0.610. The largest absolute Gasteiger partial charge is 0.763 e. The summed E-state index contributed by atoms with van der Waals surface area (Å²) in [5, 5.41) is 8.40. The summed E-state index contributed by atoms with van der Waals surface area (Å²) in [5.74, 6) is -0.123. The van der Waals surface area contributed by atoms with Crippen molar-refractivity contribution in [3.8, 4) is 0 Å². The first-order chi connectivity index (χ1) is 5.67. The molecular weight excluding hydrogens is 158 g/mol. The minimum Gasteiger partial charge on any atom is -0.763 e. The minimum absolute atomic E-state index is 0.0616. The zero-order chi connectivity index (χ0) is 9.56. The van der Waals surface area contributed by atoms with Gasteiger partial charge in [-0.1, -0.05) is 6.92 Å². The van der Waals surface area contributed by atoms with Crippen LogP contribution in [-0.4, -0.2) is 24.2 Å². The lowest BCUT2D eigenvalue weighted by Gasteiger charge is -2.01. The van der Waals surface area contributed by atoms with Crippen molar-refractivity contribution in [2.24, 2.45) is 0 Å². The number of carbonyl (C=O) groups excluding carboxylic acids is 2. The van der Waals surface area contributed by atoms with Crippen molar-refractivity contribution in [3.05, 3.63) is 11.0 Å². The minimum atomic E-state index is -0.948. The predicted molar refractivity (Wildman–Crippen MR) is 43.8 cm³/mol. The molecular formula is C8H10NO3-. The quantitative estimate of drug-likeness (QED) is 0.268. The molecule has 0 aliphatic heterocycles. The van der Waals surface area contributed by atoms with Crippen molar-refractivity contribution in [1.29, 1.82) is 0 Å². The third-order valence-electron chi connectivity index (χ3n) is 1.22. The maximum Gasteiger partial charge on any atom is 0.379 e. The molecule has 0 aliphatic carbocycles. The summed E-state index contributed by atoms with van der Waals surface area (Å²) in [5.41, 5.74) is -0.0616. The second-order valence-corrected chi connectivity index (χ2v) is 1.99. The van der Waals surface area contributed by atoms with Crippen LogP contribution in [-0.2, 0) is 14.3 Å². The fraction of sp³-hybridized carbons (Fsp3) is 0.500. The number of Topliss-reactive ketones (excluding diaryl/α,β-unsaturated/α-hetero) is 1. The zero-order valence-electron chi connectivity index (χ0n) is 7.09. The number of ketones is 1. The molecule has 0 aromatic heterocycles.